The van der Waals surface area contributed by atoms with Crippen LogP contribution in [0, 0.1) is 0 Å². The zero-order valence-corrected chi connectivity index (χ0v) is 13.1. The van der Waals surface area contributed by atoms with Gasteiger partial charge in [0.25, 0.3) is 0 Å². The van der Waals surface area contributed by atoms with Crippen molar-refractivity contribution in [2.24, 2.45) is 0 Å². The van der Waals surface area contributed by atoms with Crippen LogP contribution in [0.2, 0.25) is 0 Å². The number of hydrogen-bond donors (Lipinski definition) is 1. The van der Waals surface area contributed by atoms with E-state index in [1.165, 1.54) is 30.5 Å². The largest absolute Gasteiger partial charge is 0.313 e. The maximum atomic E-state index is 3.56. The van der Waals surface area contributed by atoms with Gasteiger partial charge in [0.2, 0.25) is 0 Å². The number of unbranched alkanes of at least 4 members (excludes halogenated alkanes) is 1. The first-order valence-electron chi connectivity index (χ1n) is 7.63. The van der Waals surface area contributed by atoms with Crippen LogP contribution in [0.25, 0.3) is 0 Å². The van der Waals surface area contributed by atoms with Gasteiger partial charge >= 0.3 is 0 Å². The van der Waals surface area contributed by atoms with Crippen molar-refractivity contribution >= 4 is 0 Å². The average molecular weight is 262 g/mol. The van der Waals surface area contributed by atoms with Gasteiger partial charge < -0.3 is 10.2 Å². The van der Waals surface area contributed by atoms with Gasteiger partial charge in [-0.05, 0) is 64.4 Å². The van der Waals surface area contributed by atoms with Crippen molar-refractivity contribution in [1.82, 2.24) is 10.2 Å². The molecule has 0 aromatic heterocycles. The Bertz CT molecular complexity index is 347. The normalized spacial score (nSPS) is 11.5. The molecule has 0 atom stereocenters. The lowest BCUT2D eigenvalue weighted by molar-refractivity contribution is 0.268. The molecular formula is C17H30N2. The number of benzene rings is 1. The van der Waals surface area contributed by atoms with E-state index < -0.39 is 0 Å². The molecule has 1 aromatic carbocycles. The standard InChI is InChI=1S/C17H30N2/c1-5-16-10-6-7-11-17(16)14-18-12-8-9-13-19(4)15(2)3/h6-7,10-11,15,18H,5,8-9,12-14H2,1-4H3. The molecule has 0 bridgehead atoms. The smallest absolute Gasteiger partial charge is 0.0208 e. The summed E-state index contributed by atoms with van der Waals surface area (Å²) < 4.78 is 0. The van der Waals surface area contributed by atoms with Crippen molar-refractivity contribution in [3.05, 3.63) is 35.4 Å². The lowest BCUT2D eigenvalue weighted by Gasteiger charge is -2.20. The molecule has 1 aromatic rings. The molecule has 1 N–H and O–H groups in total. The van der Waals surface area contributed by atoms with Crippen LogP contribution in [0.3, 0.4) is 0 Å². The van der Waals surface area contributed by atoms with Gasteiger partial charge in [-0.2, -0.15) is 0 Å². The summed E-state index contributed by atoms with van der Waals surface area (Å²) >= 11 is 0. The second kappa shape index (κ2) is 9.11. The van der Waals surface area contributed by atoms with Crippen molar-refractivity contribution in [2.75, 3.05) is 20.1 Å². The SMILES string of the molecule is CCc1ccccc1CNCCCCN(C)C(C)C. The topological polar surface area (TPSA) is 15.3 Å². The van der Waals surface area contributed by atoms with Crippen LogP contribution in [-0.2, 0) is 13.0 Å². The Labute approximate surface area is 119 Å². The summed E-state index contributed by atoms with van der Waals surface area (Å²) in [6.07, 6.45) is 3.65. The third-order valence-corrected chi connectivity index (χ3v) is 3.81. The average Bonchev–Trinajstić information content (AvgIpc) is 2.42. The number of nitrogens with zero attached hydrogens (tertiary/aromatic N) is 1. The predicted octanol–water partition coefficient (Wildman–Crippen LogP) is 3.46. The number of hydrogen-bond acceptors (Lipinski definition) is 2. The summed E-state index contributed by atoms with van der Waals surface area (Å²) in [5.74, 6) is 0. The van der Waals surface area contributed by atoms with E-state index in [0.717, 1.165) is 19.5 Å². The fourth-order valence-corrected chi connectivity index (χ4v) is 2.17. The second-order valence-electron chi connectivity index (χ2n) is 5.58. The van der Waals surface area contributed by atoms with Gasteiger partial charge in [-0.3, -0.25) is 0 Å². The Morgan fingerprint density at radius 3 is 2.42 bits per heavy atom. The molecule has 0 fully saturated rings. The van der Waals surface area contributed by atoms with Crippen LogP contribution in [0.5, 0.6) is 0 Å². The Morgan fingerprint density at radius 2 is 1.79 bits per heavy atom. The molecule has 19 heavy (non-hydrogen) atoms. The van der Waals surface area contributed by atoms with Crippen LogP contribution < -0.4 is 5.32 Å². The summed E-state index contributed by atoms with van der Waals surface area (Å²) in [7, 11) is 2.20. The molecule has 0 saturated heterocycles. The molecule has 1 rings (SSSR count). The highest BCUT2D eigenvalue weighted by atomic mass is 15.1. The fraction of sp³-hybridized carbons (Fsp3) is 0.647. The summed E-state index contributed by atoms with van der Waals surface area (Å²) in [4.78, 5) is 2.41. The third-order valence-electron chi connectivity index (χ3n) is 3.81. The van der Waals surface area contributed by atoms with E-state index in [1.54, 1.807) is 0 Å². The minimum Gasteiger partial charge on any atom is -0.313 e. The number of aryl methyl sites for hydroxylation is 1. The minimum absolute atomic E-state index is 0.657. The highest BCUT2D eigenvalue weighted by molar-refractivity contribution is 5.26. The van der Waals surface area contributed by atoms with Crippen molar-refractivity contribution < 1.29 is 0 Å². The van der Waals surface area contributed by atoms with Gasteiger partial charge in [0, 0.05) is 12.6 Å². The Hall–Kier alpha value is -0.860. The molecule has 0 aliphatic carbocycles. The Morgan fingerprint density at radius 1 is 1.11 bits per heavy atom. The monoisotopic (exact) mass is 262 g/mol. The third kappa shape index (κ3) is 6.22. The van der Waals surface area contributed by atoms with Crippen molar-refractivity contribution in [2.45, 2.75) is 52.6 Å². The van der Waals surface area contributed by atoms with E-state index in [4.69, 9.17) is 0 Å². The molecular weight excluding hydrogens is 232 g/mol. The summed E-state index contributed by atoms with van der Waals surface area (Å²) in [5, 5.41) is 3.56. The molecule has 0 heterocycles. The number of rotatable bonds is 9. The van der Waals surface area contributed by atoms with Crippen LogP contribution in [0.15, 0.2) is 24.3 Å². The maximum absolute atomic E-state index is 3.56. The molecule has 0 unspecified atom stereocenters. The molecule has 2 nitrogen and oxygen atoms in total. The molecule has 0 radical (unpaired) electrons. The minimum atomic E-state index is 0.657. The van der Waals surface area contributed by atoms with Crippen LogP contribution in [0.1, 0.15) is 44.7 Å². The molecule has 2 heteroatoms. The van der Waals surface area contributed by atoms with E-state index in [2.05, 4.69) is 62.3 Å². The zero-order valence-electron chi connectivity index (χ0n) is 13.1. The second-order valence-corrected chi connectivity index (χ2v) is 5.58. The first-order chi connectivity index (χ1) is 9.15. The van der Waals surface area contributed by atoms with Gasteiger partial charge in [-0.1, -0.05) is 31.2 Å². The molecule has 0 aliphatic heterocycles. The summed E-state index contributed by atoms with van der Waals surface area (Å²) in [5.41, 5.74) is 2.92. The number of nitrogens with one attached hydrogen (secondary N) is 1. The summed E-state index contributed by atoms with van der Waals surface area (Å²) in [6.45, 7) is 10.0. The van der Waals surface area contributed by atoms with Gasteiger partial charge in [-0.15, -0.1) is 0 Å². The molecule has 0 amide bonds. The van der Waals surface area contributed by atoms with Crippen LogP contribution >= 0.6 is 0 Å². The molecule has 0 aliphatic rings. The maximum Gasteiger partial charge on any atom is 0.0208 e. The van der Waals surface area contributed by atoms with E-state index in [9.17, 15) is 0 Å². The van der Waals surface area contributed by atoms with E-state index >= 15 is 0 Å². The Balaban J connectivity index is 2.14. The Kier molecular flexibility index (Phi) is 7.76. The molecule has 0 spiro atoms. The van der Waals surface area contributed by atoms with Crippen molar-refractivity contribution in [3.8, 4) is 0 Å². The van der Waals surface area contributed by atoms with Gasteiger partial charge in [0.1, 0.15) is 0 Å². The van der Waals surface area contributed by atoms with Crippen LogP contribution in [0.4, 0.5) is 0 Å². The quantitative estimate of drug-likeness (QED) is 0.686. The van der Waals surface area contributed by atoms with Gasteiger partial charge in [-0.25, -0.2) is 0 Å². The predicted molar refractivity (Wildman–Crippen MR) is 84.5 cm³/mol. The van der Waals surface area contributed by atoms with E-state index in [0.29, 0.717) is 6.04 Å². The van der Waals surface area contributed by atoms with Crippen molar-refractivity contribution in [1.29, 1.82) is 0 Å². The first-order valence-corrected chi connectivity index (χ1v) is 7.63. The molecule has 108 valence electrons. The summed E-state index contributed by atoms with van der Waals surface area (Å²) in [6, 6.07) is 9.38. The molecule has 0 saturated carbocycles. The zero-order chi connectivity index (χ0) is 14.1. The fourth-order valence-electron chi connectivity index (χ4n) is 2.17. The van der Waals surface area contributed by atoms with E-state index in [1.807, 2.05) is 0 Å². The van der Waals surface area contributed by atoms with Crippen molar-refractivity contribution in [3.63, 3.8) is 0 Å². The first kappa shape index (κ1) is 16.2. The highest BCUT2D eigenvalue weighted by Crippen LogP contribution is 2.08. The van der Waals surface area contributed by atoms with Gasteiger partial charge in [0.15, 0.2) is 0 Å². The van der Waals surface area contributed by atoms with E-state index in [-0.39, 0.29) is 0 Å². The lowest BCUT2D eigenvalue weighted by Crippen LogP contribution is -2.27. The highest BCUT2D eigenvalue weighted by Gasteiger charge is 2.02. The van der Waals surface area contributed by atoms with Crippen LogP contribution in [-0.4, -0.2) is 31.1 Å². The lowest BCUT2D eigenvalue weighted by atomic mass is 10.1. The van der Waals surface area contributed by atoms with Gasteiger partial charge in [0.05, 0.1) is 0 Å².